The first-order valence-corrected chi connectivity index (χ1v) is 8.72. The number of hydrogen-bond acceptors (Lipinski definition) is 1. The fourth-order valence-electron chi connectivity index (χ4n) is 6.07. The normalized spacial score (nSPS) is 44.1. The summed E-state index contributed by atoms with van der Waals surface area (Å²) in [6.07, 6.45) is 7.83. The van der Waals surface area contributed by atoms with E-state index in [1.54, 1.807) is 0 Å². The van der Waals surface area contributed by atoms with Crippen LogP contribution in [0.3, 0.4) is 0 Å². The van der Waals surface area contributed by atoms with E-state index in [4.69, 9.17) is 0 Å². The monoisotopic (exact) mass is 289 g/mol. The fourth-order valence-corrected chi connectivity index (χ4v) is 6.07. The molecular formula is C19H31NO. The number of amides is 1. The van der Waals surface area contributed by atoms with Gasteiger partial charge in [0.25, 0.3) is 0 Å². The molecule has 4 bridgehead atoms. The van der Waals surface area contributed by atoms with Crippen LogP contribution in [0.2, 0.25) is 0 Å². The predicted molar refractivity (Wildman–Crippen MR) is 86.8 cm³/mol. The van der Waals surface area contributed by atoms with Gasteiger partial charge in [0.15, 0.2) is 0 Å². The van der Waals surface area contributed by atoms with Crippen LogP contribution in [0.15, 0.2) is 12.2 Å². The lowest BCUT2D eigenvalue weighted by molar-refractivity contribution is -0.141. The number of hydrogen-bond donors (Lipinski definition) is 1. The molecule has 4 fully saturated rings. The molecular weight excluding hydrogens is 258 g/mol. The van der Waals surface area contributed by atoms with Gasteiger partial charge in [-0.25, -0.2) is 0 Å². The van der Waals surface area contributed by atoms with E-state index in [1.165, 1.54) is 32.1 Å². The molecule has 0 radical (unpaired) electrons. The van der Waals surface area contributed by atoms with E-state index in [-0.39, 0.29) is 11.4 Å². The summed E-state index contributed by atoms with van der Waals surface area (Å²) in [7, 11) is 0. The zero-order valence-electron chi connectivity index (χ0n) is 14.2. The maximum Gasteiger partial charge on any atom is 0.246 e. The van der Waals surface area contributed by atoms with Gasteiger partial charge in [0.05, 0.1) is 0 Å². The van der Waals surface area contributed by atoms with Crippen molar-refractivity contribution in [3.05, 3.63) is 12.2 Å². The van der Waals surface area contributed by atoms with Crippen LogP contribution in [-0.2, 0) is 4.79 Å². The van der Waals surface area contributed by atoms with E-state index in [2.05, 4.69) is 32.7 Å². The van der Waals surface area contributed by atoms with E-state index in [1.807, 2.05) is 6.92 Å². The van der Waals surface area contributed by atoms with Crippen molar-refractivity contribution in [1.82, 2.24) is 5.32 Å². The van der Waals surface area contributed by atoms with Crippen LogP contribution in [0, 0.1) is 29.1 Å². The number of carbonyl (C=O) groups is 1. The number of rotatable bonds is 4. The first kappa shape index (κ1) is 15.1. The van der Waals surface area contributed by atoms with Gasteiger partial charge in [0, 0.05) is 11.1 Å². The van der Waals surface area contributed by atoms with Gasteiger partial charge in [-0.15, -0.1) is 0 Å². The molecule has 21 heavy (non-hydrogen) atoms. The molecule has 118 valence electrons. The van der Waals surface area contributed by atoms with Gasteiger partial charge in [-0.2, -0.15) is 0 Å². The summed E-state index contributed by atoms with van der Waals surface area (Å²) >= 11 is 0. The molecule has 2 atom stereocenters. The molecule has 1 N–H and O–H groups in total. The second-order valence-corrected chi connectivity index (χ2v) is 9.03. The van der Waals surface area contributed by atoms with Gasteiger partial charge < -0.3 is 5.32 Å². The highest BCUT2D eigenvalue weighted by atomic mass is 16.1. The fraction of sp³-hybridized carbons (Fsp3) is 0.842. The van der Waals surface area contributed by atoms with E-state index < -0.39 is 0 Å². The van der Waals surface area contributed by atoms with Crippen LogP contribution in [0.5, 0.6) is 0 Å². The number of carbonyl (C=O) groups excluding carboxylic acids is 1. The van der Waals surface area contributed by atoms with Crippen molar-refractivity contribution in [3.63, 3.8) is 0 Å². The summed E-state index contributed by atoms with van der Waals surface area (Å²) in [5, 5.41) is 3.49. The minimum Gasteiger partial charge on any atom is -0.346 e. The molecule has 2 heteroatoms. The third-order valence-electron chi connectivity index (χ3n) is 6.43. The van der Waals surface area contributed by atoms with Gasteiger partial charge in [0.2, 0.25) is 5.91 Å². The van der Waals surface area contributed by atoms with Gasteiger partial charge in [-0.3, -0.25) is 4.79 Å². The van der Waals surface area contributed by atoms with Crippen molar-refractivity contribution in [2.45, 2.75) is 71.8 Å². The average molecular weight is 289 g/mol. The van der Waals surface area contributed by atoms with Crippen molar-refractivity contribution >= 4 is 5.91 Å². The second kappa shape index (κ2) is 4.86. The predicted octanol–water partition coefficient (Wildman–Crippen LogP) is 4.31. The highest BCUT2D eigenvalue weighted by Gasteiger charge is 2.61. The minimum absolute atomic E-state index is 0.0423. The Kier molecular flexibility index (Phi) is 3.50. The van der Waals surface area contributed by atoms with Crippen molar-refractivity contribution in [2.75, 3.05) is 0 Å². The summed E-state index contributed by atoms with van der Waals surface area (Å²) in [5.74, 6) is 2.97. The molecule has 0 aromatic carbocycles. The van der Waals surface area contributed by atoms with Crippen LogP contribution in [-0.4, -0.2) is 11.4 Å². The Bertz CT molecular complexity index is 448. The molecule has 4 aliphatic carbocycles. The molecule has 0 saturated heterocycles. The lowest BCUT2D eigenvalue weighted by Gasteiger charge is -2.65. The van der Waals surface area contributed by atoms with Gasteiger partial charge >= 0.3 is 0 Å². The van der Waals surface area contributed by atoms with Crippen LogP contribution in [0.25, 0.3) is 0 Å². The summed E-state index contributed by atoms with van der Waals surface area (Å²) in [6.45, 7) is 12.7. The van der Waals surface area contributed by atoms with Crippen molar-refractivity contribution in [2.24, 2.45) is 29.1 Å². The van der Waals surface area contributed by atoms with Gasteiger partial charge in [0.1, 0.15) is 0 Å². The Morgan fingerprint density at radius 3 is 2.24 bits per heavy atom. The Morgan fingerprint density at radius 1 is 1.24 bits per heavy atom. The lowest BCUT2D eigenvalue weighted by Crippen LogP contribution is -2.68. The molecule has 0 spiro atoms. The van der Waals surface area contributed by atoms with Crippen molar-refractivity contribution in [1.29, 1.82) is 0 Å². The first-order chi connectivity index (χ1) is 9.74. The van der Waals surface area contributed by atoms with Crippen LogP contribution in [0.1, 0.15) is 66.2 Å². The highest BCUT2D eigenvalue weighted by Crippen LogP contribution is 2.64. The largest absolute Gasteiger partial charge is 0.346 e. The molecule has 0 aromatic heterocycles. The van der Waals surface area contributed by atoms with E-state index in [9.17, 15) is 4.79 Å². The van der Waals surface area contributed by atoms with Gasteiger partial charge in [-0.05, 0) is 74.5 Å². The van der Waals surface area contributed by atoms with Crippen molar-refractivity contribution < 1.29 is 4.79 Å². The summed E-state index contributed by atoms with van der Waals surface area (Å²) in [5.41, 5.74) is 1.24. The molecule has 0 heterocycles. The van der Waals surface area contributed by atoms with Crippen LogP contribution < -0.4 is 5.32 Å². The van der Waals surface area contributed by atoms with E-state index in [0.29, 0.717) is 28.7 Å². The van der Waals surface area contributed by atoms with Crippen LogP contribution in [0.4, 0.5) is 0 Å². The SMILES string of the molecule is C=C(C)C(=O)NC1(CC(C)C)C2CC3CC1CC(C)(C3)C2. The molecule has 1 amide bonds. The second-order valence-electron chi connectivity index (χ2n) is 9.03. The van der Waals surface area contributed by atoms with Crippen molar-refractivity contribution in [3.8, 4) is 0 Å². The molecule has 4 aliphatic rings. The first-order valence-electron chi connectivity index (χ1n) is 8.72. The zero-order valence-corrected chi connectivity index (χ0v) is 14.2. The molecule has 2 unspecified atom stereocenters. The maximum absolute atomic E-state index is 12.4. The Morgan fingerprint density at radius 2 is 1.81 bits per heavy atom. The molecule has 2 nitrogen and oxygen atoms in total. The quantitative estimate of drug-likeness (QED) is 0.768. The molecule has 4 saturated carbocycles. The number of nitrogens with one attached hydrogen (secondary N) is 1. The smallest absolute Gasteiger partial charge is 0.246 e. The minimum atomic E-state index is 0.0423. The summed E-state index contributed by atoms with van der Waals surface area (Å²) in [4.78, 5) is 12.4. The average Bonchev–Trinajstić information content (AvgIpc) is 2.32. The zero-order chi connectivity index (χ0) is 15.4. The Labute approximate surface area is 129 Å². The molecule has 0 aliphatic heterocycles. The van der Waals surface area contributed by atoms with E-state index >= 15 is 0 Å². The van der Waals surface area contributed by atoms with E-state index in [0.717, 1.165) is 12.3 Å². The molecule has 0 aromatic rings. The standard InChI is InChI=1S/C19H31NO/c1-12(2)8-19(20-17(21)13(3)4)15-6-14-7-16(19)11-18(5,9-14)10-15/h12,14-16H,3,6-11H2,1-2,4-5H3,(H,20,21). The highest BCUT2D eigenvalue weighted by molar-refractivity contribution is 5.92. The summed E-state index contributed by atoms with van der Waals surface area (Å²) in [6, 6.07) is 0. The third-order valence-corrected chi connectivity index (χ3v) is 6.43. The third kappa shape index (κ3) is 2.45. The summed E-state index contributed by atoms with van der Waals surface area (Å²) < 4.78 is 0. The molecule has 4 rings (SSSR count). The topological polar surface area (TPSA) is 29.1 Å². The van der Waals surface area contributed by atoms with Crippen LogP contribution >= 0.6 is 0 Å². The Hall–Kier alpha value is -0.790. The lowest BCUT2D eigenvalue weighted by atomic mass is 9.43. The van der Waals surface area contributed by atoms with Gasteiger partial charge in [-0.1, -0.05) is 27.4 Å². The Balaban J connectivity index is 1.93. The maximum atomic E-state index is 12.4.